The normalized spacial score (nSPS) is 14.0. The average Bonchev–Trinajstić information content (AvgIpc) is 2.43. The summed E-state index contributed by atoms with van der Waals surface area (Å²) in [6, 6.07) is 6.71. The maximum Gasteiger partial charge on any atom is 0.320 e. The Morgan fingerprint density at radius 1 is 1.29 bits per heavy atom. The van der Waals surface area contributed by atoms with Crippen molar-refractivity contribution in [2.45, 2.75) is 39.3 Å². The molecule has 0 saturated carbocycles. The zero-order chi connectivity index (χ0) is 15.8. The van der Waals surface area contributed by atoms with Crippen LogP contribution in [0.5, 0.6) is 5.75 Å². The molecular weight excluding hydrogens is 270 g/mol. The number of hydrogen-bond donors (Lipinski definition) is 3. The molecule has 0 aliphatic heterocycles. The first kappa shape index (κ1) is 17.5. The van der Waals surface area contributed by atoms with E-state index in [9.17, 15) is 9.90 Å². The van der Waals surface area contributed by atoms with Gasteiger partial charge >= 0.3 is 5.97 Å². The molecule has 0 spiro atoms. The fourth-order valence-electron chi connectivity index (χ4n) is 2.10. The van der Waals surface area contributed by atoms with Crippen LogP contribution in [0.3, 0.4) is 0 Å². The molecule has 0 aromatic heterocycles. The van der Waals surface area contributed by atoms with E-state index in [4.69, 9.17) is 9.84 Å². The molecule has 0 amide bonds. The van der Waals surface area contributed by atoms with Crippen LogP contribution in [0.25, 0.3) is 0 Å². The Kier molecular flexibility index (Phi) is 7.19. The first-order chi connectivity index (χ1) is 9.95. The number of aliphatic carboxylic acids is 1. The second kappa shape index (κ2) is 8.64. The van der Waals surface area contributed by atoms with Crippen LogP contribution in [0, 0.1) is 5.92 Å². The van der Waals surface area contributed by atoms with Crippen molar-refractivity contribution in [1.29, 1.82) is 0 Å². The molecule has 2 atom stereocenters. The molecule has 1 rings (SSSR count). The summed E-state index contributed by atoms with van der Waals surface area (Å²) in [5.74, 6) is -0.0806. The first-order valence-corrected chi connectivity index (χ1v) is 7.32. The highest BCUT2D eigenvalue weighted by molar-refractivity contribution is 5.73. The Morgan fingerprint density at radius 2 is 1.90 bits per heavy atom. The van der Waals surface area contributed by atoms with Crippen LogP contribution in [0.2, 0.25) is 0 Å². The third-order valence-corrected chi connectivity index (χ3v) is 3.29. The van der Waals surface area contributed by atoms with Gasteiger partial charge in [-0.3, -0.25) is 4.79 Å². The molecule has 0 fully saturated rings. The van der Waals surface area contributed by atoms with Crippen molar-refractivity contribution in [1.82, 2.24) is 5.32 Å². The molecule has 1 aromatic carbocycles. The predicted molar refractivity (Wildman–Crippen MR) is 81.5 cm³/mol. The molecule has 0 radical (unpaired) electrons. The van der Waals surface area contributed by atoms with E-state index in [-0.39, 0.29) is 5.92 Å². The lowest BCUT2D eigenvalue weighted by Crippen LogP contribution is -2.41. The maximum absolute atomic E-state index is 11.0. The van der Waals surface area contributed by atoms with E-state index in [1.54, 1.807) is 0 Å². The SMILES string of the molecule is CCOc1ccc(C(O)CCNC(C(=O)O)C(C)C)cc1. The number of carbonyl (C=O) groups is 1. The lowest BCUT2D eigenvalue weighted by Gasteiger charge is -2.19. The molecule has 2 unspecified atom stereocenters. The van der Waals surface area contributed by atoms with E-state index < -0.39 is 18.1 Å². The standard InChI is InChI=1S/C16H25NO4/c1-4-21-13-7-5-12(6-8-13)14(18)9-10-17-15(11(2)3)16(19)20/h5-8,11,14-15,17-18H,4,9-10H2,1-3H3,(H,19,20). The summed E-state index contributed by atoms with van der Waals surface area (Å²) in [6.07, 6.45) is -0.153. The van der Waals surface area contributed by atoms with Gasteiger partial charge in [0, 0.05) is 0 Å². The largest absolute Gasteiger partial charge is 0.494 e. The van der Waals surface area contributed by atoms with E-state index in [0.717, 1.165) is 11.3 Å². The van der Waals surface area contributed by atoms with Crippen LogP contribution < -0.4 is 10.1 Å². The molecule has 0 bridgehead atoms. The fourth-order valence-corrected chi connectivity index (χ4v) is 2.10. The van der Waals surface area contributed by atoms with Crippen molar-refractivity contribution in [2.75, 3.05) is 13.2 Å². The zero-order valence-electron chi connectivity index (χ0n) is 12.9. The van der Waals surface area contributed by atoms with Gasteiger partial charge in [-0.15, -0.1) is 0 Å². The number of carboxylic acids is 1. The molecule has 5 heteroatoms. The number of ether oxygens (including phenoxy) is 1. The highest BCUT2D eigenvalue weighted by Gasteiger charge is 2.20. The quantitative estimate of drug-likeness (QED) is 0.651. The summed E-state index contributed by atoms with van der Waals surface area (Å²) in [6.45, 7) is 6.69. The van der Waals surface area contributed by atoms with Crippen molar-refractivity contribution >= 4 is 5.97 Å². The third-order valence-electron chi connectivity index (χ3n) is 3.29. The van der Waals surface area contributed by atoms with Crippen molar-refractivity contribution in [2.24, 2.45) is 5.92 Å². The zero-order valence-corrected chi connectivity index (χ0v) is 12.9. The molecule has 0 saturated heterocycles. The first-order valence-electron chi connectivity index (χ1n) is 7.32. The van der Waals surface area contributed by atoms with Gasteiger partial charge in [-0.1, -0.05) is 26.0 Å². The minimum atomic E-state index is -0.861. The second-order valence-corrected chi connectivity index (χ2v) is 5.32. The summed E-state index contributed by atoms with van der Waals surface area (Å²) >= 11 is 0. The molecule has 118 valence electrons. The molecule has 1 aromatic rings. The number of rotatable bonds is 9. The van der Waals surface area contributed by atoms with Crippen LogP contribution in [0.15, 0.2) is 24.3 Å². The Morgan fingerprint density at radius 3 is 2.38 bits per heavy atom. The van der Waals surface area contributed by atoms with Gasteiger partial charge in [0.1, 0.15) is 11.8 Å². The van der Waals surface area contributed by atoms with E-state index in [1.807, 2.05) is 45.0 Å². The molecule has 0 aliphatic rings. The van der Waals surface area contributed by atoms with Gasteiger partial charge < -0.3 is 20.3 Å². The number of hydrogen-bond acceptors (Lipinski definition) is 4. The Balaban J connectivity index is 2.46. The van der Waals surface area contributed by atoms with Crippen LogP contribution >= 0.6 is 0 Å². The number of aliphatic hydroxyl groups excluding tert-OH is 1. The number of nitrogens with one attached hydrogen (secondary N) is 1. The average molecular weight is 295 g/mol. The fraction of sp³-hybridized carbons (Fsp3) is 0.562. The lowest BCUT2D eigenvalue weighted by molar-refractivity contribution is -0.140. The van der Waals surface area contributed by atoms with Crippen molar-refractivity contribution in [3.05, 3.63) is 29.8 Å². The summed E-state index contributed by atoms with van der Waals surface area (Å²) in [5, 5.41) is 22.1. The van der Waals surface area contributed by atoms with Gasteiger partial charge in [0.15, 0.2) is 0 Å². The van der Waals surface area contributed by atoms with Gasteiger partial charge in [0.25, 0.3) is 0 Å². The van der Waals surface area contributed by atoms with Gasteiger partial charge in [-0.25, -0.2) is 0 Å². The van der Waals surface area contributed by atoms with E-state index >= 15 is 0 Å². The molecule has 5 nitrogen and oxygen atoms in total. The minimum Gasteiger partial charge on any atom is -0.494 e. The molecule has 21 heavy (non-hydrogen) atoms. The van der Waals surface area contributed by atoms with Crippen molar-refractivity contribution < 1.29 is 19.7 Å². The van der Waals surface area contributed by atoms with Gasteiger partial charge in [0.2, 0.25) is 0 Å². The van der Waals surface area contributed by atoms with E-state index in [1.165, 1.54) is 0 Å². The van der Waals surface area contributed by atoms with Gasteiger partial charge in [0.05, 0.1) is 12.7 Å². The molecule has 0 heterocycles. The van der Waals surface area contributed by atoms with Crippen LogP contribution in [0.1, 0.15) is 38.9 Å². The summed E-state index contributed by atoms with van der Waals surface area (Å²) in [4.78, 5) is 11.0. The third kappa shape index (κ3) is 5.73. The monoisotopic (exact) mass is 295 g/mol. The van der Waals surface area contributed by atoms with Crippen LogP contribution in [-0.2, 0) is 4.79 Å². The Bertz CT molecular complexity index is 430. The summed E-state index contributed by atoms with van der Waals surface area (Å²) in [7, 11) is 0. The van der Waals surface area contributed by atoms with E-state index in [0.29, 0.717) is 19.6 Å². The summed E-state index contributed by atoms with van der Waals surface area (Å²) in [5.41, 5.74) is 0.802. The predicted octanol–water partition coefficient (Wildman–Crippen LogP) is 2.21. The topological polar surface area (TPSA) is 78.8 Å². The van der Waals surface area contributed by atoms with Gasteiger partial charge in [-0.2, -0.15) is 0 Å². The van der Waals surface area contributed by atoms with E-state index in [2.05, 4.69) is 5.32 Å². The lowest BCUT2D eigenvalue weighted by atomic mass is 10.0. The smallest absolute Gasteiger partial charge is 0.320 e. The number of aliphatic hydroxyl groups is 1. The van der Waals surface area contributed by atoms with Gasteiger partial charge in [-0.05, 0) is 43.5 Å². The van der Waals surface area contributed by atoms with Crippen LogP contribution in [-0.4, -0.2) is 35.4 Å². The molecule has 0 aliphatic carbocycles. The summed E-state index contributed by atoms with van der Waals surface area (Å²) < 4.78 is 5.35. The Labute approximate surface area is 125 Å². The maximum atomic E-state index is 11.0. The minimum absolute atomic E-state index is 0.00474. The highest BCUT2D eigenvalue weighted by atomic mass is 16.5. The highest BCUT2D eigenvalue weighted by Crippen LogP contribution is 2.20. The number of carboxylic acid groups (broad SMARTS) is 1. The Hall–Kier alpha value is -1.59. The van der Waals surface area contributed by atoms with Crippen LogP contribution in [0.4, 0.5) is 0 Å². The molecule has 3 N–H and O–H groups in total. The van der Waals surface area contributed by atoms with Crippen molar-refractivity contribution in [3.8, 4) is 5.75 Å². The molecular formula is C16H25NO4. The number of benzene rings is 1. The second-order valence-electron chi connectivity index (χ2n) is 5.32. The van der Waals surface area contributed by atoms with Crippen molar-refractivity contribution in [3.63, 3.8) is 0 Å².